The molecule has 3 nitrogen and oxygen atoms in total. The molecule has 0 spiro atoms. The van der Waals surface area contributed by atoms with Crippen LogP contribution in [0, 0.1) is 0 Å². The Morgan fingerprint density at radius 3 is 2.57 bits per heavy atom. The molecule has 21 heavy (non-hydrogen) atoms. The fraction of sp³-hybridized carbons (Fsp3) is 0.167. The average molecular weight is 282 g/mol. The summed E-state index contributed by atoms with van der Waals surface area (Å²) >= 11 is 0. The maximum atomic E-state index is 11.6. The number of ether oxygens (including phenoxy) is 2. The van der Waals surface area contributed by atoms with E-state index >= 15 is 0 Å². The molecule has 2 rings (SSSR count). The molecule has 0 atom stereocenters. The van der Waals surface area contributed by atoms with Gasteiger partial charge in [-0.3, -0.25) is 0 Å². The Labute approximate surface area is 124 Å². The van der Waals surface area contributed by atoms with Crippen LogP contribution >= 0.6 is 0 Å². The monoisotopic (exact) mass is 282 g/mol. The van der Waals surface area contributed by atoms with Crippen LogP contribution in [-0.2, 0) is 4.74 Å². The Kier molecular flexibility index (Phi) is 5.16. The molecule has 0 N–H and O–H groups in total. The molecule has 0 aliphatic carbocycles. The Bertz CT molecular complexity index is 630. The Morgan fingerprint density at radius 2 is 1.90 bits per heavy atom. The van der Waals surface area contributed by atoms with E-state index in [1.165, 1.54) is 7.11 Å². The number of methoxy groups -OCH3 is 1. The smallest absolute Gasteiger partial charge is 0.337 e. The number of esters is 1. The molecule has 0 aliphatic heterocycles. The van der Waals surface area contributed by atoms with Crippen molar-refractivity contribution >= 4 is 12.0 Å². The fourth-order valence-corrected chi connectivity index (χ4v) is 1.88. The standard InChI is InChI=1S/C18H18O3/c1-3-4-8-14-13-15(18(19)20-2)11-12-17(14)21-16-9-6-5-7-10-16/h4-13H,3H2,1-2H3/b8-4+. The molecule has 2 aromatic carbocycles. The highest BCUT2D eigenvalue weighted by molar-refractivity contribution is 5.90. The molecule has 0 saturated carbocycles. The molecule has 0 aliphatic rings. The molecular weight excluding hydrogens is 264 g/mol. The summed E-state index contributed by atoms with van der Waals surface area (Å²) in [5.41, 5.74) is 1.36. The highest BCUT2D eigenvalue weighted by atomic mass is 16.5. The van der Waals surface area contributed by atoms with E-state index in [0.717, 1.165) is 17.7 Å². The molecule has 0 amide bonds. The third kappa shape index (κ3) is 3.96. The second kappa shape index (κ2) is 7.29. The molecule has 3 heteroatoms. The van der Waals surface area contributed by atoms with Gasteiger partial charge < -0.3 is 9.47 Å². The predicted molar refractivity (Wildman–Crippen MR) is 83.6 cm³/mol. The van der Waals surface area contributed by atoms with Gasteiger partial charge in [-0.25, -0.2) is 4.79 Å². The van der Waals surface area contributed by atoms with Gasteiger partial charge in [0.15, 0.2) is 0 Å². The predicted octanol–water partition coefficient (Wildman–Crippen LogP) is 4.69. The van der Waals surface area contributed by atoms with Gasteiger partial charge in [0, 0.05) is 5.56 Å². The number of rotatable bonds is 5. The van der Waals surface area contributed by atoms with Gasteiger partial charge in [0.2, 0.25) is 0 Å². The van der Waals surface area contributed by atoms with E-state index in [9.17, 15) is 4.79 Å². The summed E-state index contributed by atoms with van der Waals surface area (Å²) in [6.07, 6.45) is 4.88. The summed E-state index contributed by atoms with van der Waals surface area (Å²) in [7, 11) is 1.37. The van der Waals surface area contributed by atoms with Crippen LogP contribution in [-0.4, -0.2) is 13.1 Å². The van der Waals surface area contributed by atoms with Crippen LogP contribution in [0.1, 0.15) is 29.3 Å². The van der Waals surface area contributed by atoms with Gasteiger partial charge >= 0.3 is 5.97 Å². The third-order valence-electron chi connectivity index (χ3n) is 2.94. The van der Waals surface area contributed by atoms with E-state index in [1.807, 2.05) is 42.5 Å². The summed E-state index contributed by atoms with van der Waals surface area (Å²) in [6, 6.07) is 14.8. The van der Waals surface area contributed by atoms with Gasteiger partial charge in [-0.15, -0.1) is 0 Å². The largest absolute Gasteiger partial charge is 0.465 e. The summed E-state index contributed by atoms with van der Waals surface area (Å²) in [6.45, 7) is 2.05. The van der Waals surface area contributed by atoms with E-state index in [-0.39, 0.29) is 5.97 Å². The van der Waals surface area contributed by atoms with Crippen molar-refractivity contribution in [2.75, 3.05) is 7.11 Å². The number of carbonyl (C=O) groups excluding carboxylic acids is 1. The average Bonchev–Trinajstić information content (AvgIpc) is 2.54. The van der Waals surface area contributed by atoms with Gasteiger partial charge in [-0.1, -0.05) is 37.3 Å². The molecule has 0 saturated heterocycles. The fourth-order valence-electron chi connectivity index (χ4n) is 1.88. The van der Waals surface area contributed by atoms with Crippen molar-refractivity contribution in [2.45, 2.75) is 13.3 Å². The molecule has 0 fully saturated rings. The van der Waals surface area contributed by atoms with Crippen LogP contribution in [0.2, 0.25) is 0 Å². The van der Waals surface area contributed by atoms with E-state index in [1.54, 1.807) is 18.2 Å². The normalized spacial score (nSPS) is 10.6. The first-order valence-electron chi connectivity index (χ1n) is 6.86. The van der Waals surface area contributed by atoms with Gasteiger partial charge in [0.25, 0.3) is 0 Å². The lowest BCUT2D eigenvalue weighted by Crippen LogP contribution is -2.01. The first-order chi connectivity index (χ1) is 10.2. The van der Waals surface area contributed by atoms with Crippen molar-refractivity contribution in [2.24, 2.45) is 0 Å². The molecule has 0 bridgehead atoms. The maximum absolute atomic E-state index is 11.6. The lowest BCUT2D eigenvalue weighted by molar-refractivity contribution is 0.0600. The molecule has 0 heterocycles. The van der Waals surface area contributed by atoms with Gasteiger partial charge in [-0.05, 0) is 36.8 Å². The van der Waals surface area contributed by atoms with Crippen LogP contribution in [0.5, 0.6) is 11.5 Å². The lowest BCUT2D eigenvalue weighted by Gasteiger charge is -2.10. The summed E-state index contributed by atoms with van der Waals surface area (Å²) < 4.78 is 10.6. The zero-order chi connectivity index (χ0) is 15.1. The van der Waals surface area contributed by atoms with E-state index in [2.05, 4.69) is 6.92 Å². The number of hydrogen-bond acceptors (Lipinski definition) is 3. The molecule has 0 unspecified atom stereocenters. The van der Waals surface area contributed by atoms with Crippen LogP contribution in [0.25, 0.3) is 6.08 Å². The van der Waals surface area contributed by atoms with Crippen molar-refractivity contribution in [1.82, 2.24) is 0 Å². The van der Waals surface area contributed by atoms with Crippen molar-refractivity contribution < 1.29 is 14.3 Å². The van der Waals surface area contributed by atoms with Crippen molar-refractivity contribution in [3.8, 4) is 11.5 Å². The Balaban J connectivity index is 2.35. The SMILES string of the molecule is CC/C=C/c1cc(C(=O)OC)ccc1Oc1ccccc1. The minimum absolute atomic E-state index is 0.354. The number of benzene rings is 2. The molecule has 0 aromatic heterocycles. The van der Waals surface area contributed by atoms with Gasteiger partial charge in [-0.2, -0.15) is 0 Å². The van der Waals surface area contributed by atoms with E-state index in [4.69, 9.17) is 9.47 Å². The van der Waals surface area contributed by atoms with E-state index < -0.39 is 0 Å². The summed E-state index contributed by atoms with van der Waals surface area (Å²) in [5, 5.41) is 0. The Hall–Kier alpha value is -2.55. The van der Waals surface area contributed by atoms with Gasteiger partial charge in [0.05, 0.1) is 12.7 Å². The lowest BCUT2D eigenvalue weighted by atomic mass is 10.1. The van der Waals surface area contributed by atoms with Crippen LogP contribution in [0.4, 0.5) is 0 Å². The second-order valence-electron chi connectivity index (χ2n) is 4.47. The maximum Gasteiger partial charge on any atom is 0.337 e. The second-order valence-corrected chi connectivity index (χ2v) is 4.47. The zero-order valence-corrected chi connectivity index (χ0v) is 12.2. The van der Waals surface area contributed by atoms with E-state index in [0.29, 0.717) is 11.3 Å². The topological polar surface area (TPSA) is 35.5 Å². The number of carbonyl (C=O) groups is 1. The van der Waals surface area contributed by atoms with Crippen LogP contribution in [0.3, 0.4) is 0 Å². The third-order valence-corrected chi connectivity index (χ3v) is 2.94. The minimum Gasteiger partial charge on any atom is -0.465 e. The van der Waals surface area contributed by atoms with Crippen molar-refractivity contribution in [1.29, 1.82) is 0 Å². The summed E-state index contributed by atoms with van der Waals surface area (Å²) in [4.78, 5) is 11.6. The van der Waals surface area contributed by atoms with Crippen LogP contribution < -0.4 is 4.74 Å². The van der Waals surface area contributed by atoms with Crippen LogP contribution in [0.15, 0.2) is 54.6 Å². The molecule has 108 valence electrons. The van der Waals surface area contributed by atoms with Gasteiger partial charge in [0.1, 0.15) is 11.5 Å². The Morgan fingerprint density at radius 1 is 1.14 bits per heavy atom. The number of para-hydroxylation sites is 1. The number of hydrogen-bond donors (Lipinski definition) is 0. The van der Waals surface area contributed by atoms with Crippen molar-refractivity contribution in [3.05, 3.63) is 65.7 Å². The molecule has 2 aromatic rings. The first kappa shape index (κ1) is 14.9. The molecule has 0 radical (unpaired) electrons. The minimum atomic E-state index is -0.354. The molecular formula is C18H18O3. The first-order valence-corrected chi connectivity index (χ1v) is 6.86. The quantitative estimate of drug-likeness (QED) is 0.746. The summed E-state index contributed by atoms with van der Waals surface area (Å²) in [5.74, 6) is 1.11. The highest BCUT2D eigenvalue weighted by Gasteiger charge is 2.09. The highest BCUT2D eigenvalue weighted by Crippen LogP contribution is 2.27. The number of allylic oxidation sites excluding steroid dienone is 1. The van der Waals surface area contributed by atoms with Crippen molar-refractivity contribution in [3.63, 3.8) is 0 Å². The zero-order valence-electron chi connectivity index (χ0n) is 12.2.